The molecule has 2 unspecified atom stereocenters. The minimum absolute atomic E-state index is 0.178. The summed E-state index contributed by atoms with van der Waals surface area (Å²) in [4.78, 5) is 10.7. The Morgan fingerprint density at radius 3 is 2.26 bits per heavy atom. The van der Waals surface area contributed by atoms with E-state index < -0.39 is 22.0 Å². The Bertz CT molecular complexity index is 582. The summed E-state index contributed by atoms with van der Waals surface area (Å²) >= 11 is 0. The van der Waals surface area contributed by atoms with E-state index in [1.165, 1.54) is 0 Å². The lowest BCUT2D eigenvalue weighted by atomic mass is 10.1. The molecule has 6 heteroatoms. The molecule has 1 fully saturated rings. The fourth-order valence-electron chi connectivity index (χ4n) is 2.30. The number of aliphatic hydroxyl groups excluding tert-OH is 1. The minimum atomic E-state index is -3.23. The highest BCUT2D eigenvalue weighted by atomic mass is 32.2. The average Bonchev–Trinajstić information content (AvgIpc) is 2.56. The molecule has 0 bridgehead atoms. The molecule has 1 heterocycles. The summed E-state index contributed by atoms with van der Waals surface area (Å²) in [6.45, 7) is 3.57. The van der Waals surface area contributed by atoms with Crippen LogP contribution in [0, 0.1) is 13.8 Å². The number of hydrogen-bond acceptors (Lipinski definition) is 5. The van der Waals surface area contributed by atoms with Gasteiger partial charge in [0.1, 0.15) is 24.2 Å². The number of aryl methyl sites for hydroxylation is 2. The standard InChI is InChI=1S/C13H16O5S/c1-8-3-10(5-14)4-9(2)13(8)18-12-7-19(16,17)6-11(12)15/h3-5,11-12,15H,6-7H2,1-2H3. The molecule has 1 aromatic rings. The first-order valence-corrected chi connectivity index (χ1v) is 7.76. The van der Waals surface area contributed by atoms with Crippen molar-refractivity contribution in [3.63, 3.8) is 0 Å². The molecular formula is C13H16O5S. The number of aldehydes is 1. The maximum absolute atomic E-state index is 11.4. The Balaban J connectivity index is 2.27. The first-order valence-electron chi connectivity index (χ1n) is 5.94. The van der Waals surface area contributed by atoms with Crippen molar-refractivity contribution in [3.8, 4) is 5.75 Å². The maximum Gasteiger partial charge on any atom is 0.156 e. The van der Waals surface area contributed by atoms with Crippen LogP contribution in [-0.4, -0.2) is 43.5 Å². The third kappa shape index (κ3) is 2.96. The van der Waals surface area contributed by atoms with E-state index in [1.807, 2.05) is 0 Å². The van der Waals surface area contributed by atoms with Gasteiger partial charge in [0.05, 0.1) is 11.5 Å². The van der Waals surface area contributed by atoms with Gasteiger partial charge in [-0.05, 0) is 37.1 Å². The van der Waals surface area contributed by atoms with Crippen LogP contribution in [0.1, 0.15) is 21.5 Å². The zero-order chi connectivity index (χ0) is 14.2. The summed E-state index contributed by atoms with van der Waals surface area (Å²) in [6, 6.07) is 3.34. The van der Waals surface area contributed by atoms with Gasteiger partial charge in [-0.15, -0.1) is 0 Å². The van der Waals surface area contributed by atoms with Gasteiger partial charge in [-0.3, -0.25) is 4.79 Å². The average molecular weight is 284 g/mol. The van der Waals surface area contributed by atoms with Gasteiger partial charge in [0, 0.05) is 5.56 Å². The number of carbonyl (C=O) groups excluding carboxylic acids is 1. The number of rotatable bonds is 3. The molecular weight excluding hydrogens is 268 g/mol. The van der Waals surface area contributed by atoms with Crippen molar-refractivity contribution in [2.24, 2.45) is 0 Å². The number of benzene rings is 1. The quantitative estimate of drug-likeness (QED) is 0.824. The van der Waals surface area contributed by atoms with Gasteiger partial charge in [0.25, 0.3) is 0 Å². The van der Waals surface area contributed by atoms with Crippen molar-refractivity contribution in [2.75, 3.05) is 11.5 Å². The van der Waals surface area contributed by atoms with Crippen LogP contribution in [0.15, 0.2) is 12.1 Å². The van der Waals surface area contributed by atoms with Gasteiger partial charge in [-0.2, -0.15) is 0 Å². The maximum atomic E-state index is 11.4. The molecule has 0 aliphatic carbocycles. The van der Waals surface area contributed by atoms with E-state index in [2.05, 4.69) is 0 Å². The topological polar surface area (TPSA) is 80.7 Å². The molecule has 1 aliphatic heterocycles. The molecule has 0 aromatic heterocycles. The summed E-state index contributed by atoms with van der Waals surface area (Å²) in [5.74, 6) is 0.0942. The van der Waals surface area contributed by atoms with E-state index >= 15 is 0 Å². The van der Waals surface area contributed by atoms with Gasteiger partial charge in [0.15, 0.2) is 9.84 Å². The summed E-state index contributed by atoms with van der Waals surface area (Å²) in [6.07, 6.45) is -1.00. The lowest BCUT2D eigenvalue weighted by Crippen LogP contribution is -2.30. The smallest absolute Gasteiger partial charge is 0.156 e. The molecule has 1 aromatic carbocycles. The minimum Gasteiger partial charge on any atom is -0.486 e. The third-order valence-electron chi connectivity index (χ3n) is 3.16. The third-order valence-corrected chi connectivity index (χ3v) is 4.85. The summed E-state index contributed by atoms with van der Waals surface area (Å²) in [5.41, 5.74) is 2.04. The van der Waals surface area contributed by atoms with Crippen molar-refractivity contribution >= 4 is 16.1 Å². The number of hydrogen-bond donors (Lipinski definition) is 1. The molecule has 0 saturated carbocycles. The van der Waals surface area contributed by atoms with Crippen LogP contribution in [-0.2, 0) is 9.84 Å². The zero-order valence-corrected chi connectivity index (χ0v) is 11.6. The van der Waals surface area contributed by atoms with Crippen molar-refractivity contribution in [1.29, 1.82) is 0 Å². The van der Waals surface area contributed by atoms with Crippen LogP contribution >= 0.6 is 0 Å². The van der Waals surface area contributed by atoms with Gasteiger partial charge < -0.3 is 9.84 Å². The molecule has 104 valence electrons. The first kappa shape index (κ1) is 14.0. The Hall–Kier alpha value is -1.40. The predicted octanol–water partition coefficient (Wildman–Crippen LogP) is 0.653. The van der Waals surface area contributed by atoms with Crippen molar-refractivity contribution < 1.29 is 23.1 Å². The molecule has 0 spiro atoms. The Morgan fingerprint density at radius 1 is 1.26 bits per heavy atom. The molecule has 0 radical (unpaired) electrons. The van der Waals surface area contributed by atoms with E-state index in [0.29, 0.717) is 11.3 Å². The second-order valence-electron chi connectivity index (χ2n) is 4.90. The lowest BCUT2D eigenvalue weighted by Gasteiger charge is -2.19. The highest BCUT2D eigenvalue weighted by Crippen LogP contribution is 2.28. The van der Waals surface area contributed by atoms with E-state index in [-0.39, 0.29) is 11.5 Å². The SMILES string of the molecule is Cc1cc(C=O)cc(C)c1OC1CS(=O)(=O)CC1O. The summed E-state index contributed by atoms with van der Waals surface area (Å²) in [7, 11) is -3.23. The van der Waals surface area contributed by atoms with E-state index in [9.17, 15) is 18.3 Å². The number of ether oxygens (including phenoxy) is 1. The van der Waals surface area contributed by atoms with Crippen LogP contribution in [0.5, 0.6) is 5.75 Å². The van der Waals surface area contributed by atoms with E-state index in [0.717, 1.165) is 17.4 Å². The second kappa shape index (κ2) is 4.94. The van der Waals surface area contributed by atoms with Gasteiger partial charge >= 0.3 is 0 Å². The molecule has 19 heavy (non-hydrogen) atoms. The Kier molecular flexibility index (Phi) is 3.64. The van der Waals surface area contributed by atoms with Gasteiger partial charge in [0.2, 0.25) is 0 Å². The lowest BCUT2D eigenvalue weighted by molar-refractivity contribution is 0.0728. The molecule has 1 aliphatic rings. The van der Waals surface area contributed by atoms with Crippen LogP contribution < -0.4 is 4.74 Å². The van der Waals surface area contributed by atoms with Crippen LogP contribution in [0.2, 0.25) is 0 Å². The number of aliphatic hydroxyl groups is 1. The first-order chi connectivity index (χ1) is 8.82. The highest BCUT2D eigenvalue weighted by molar-refractivity contribution is 7.91. The summed E-state index contributed by atoms with van der Waals surface area (Å²) in [5, 5.41) is 9.71. The zero-order valence-electron chi connectivity index (χ0n) is 10.8. The Morgan fingerprint density at radius 2 is 1.84 bits per heavy atom. The van der Waals surface area contributed by atoms with Gasteiger partial charge in [-0.1, -0.05) is 0 Å². The second-order valence-corrected chi connectivity index (χ2v) is 7.06. The predicted molar refractivity (Wildman–Crippen MR) is 70.4 cm³/mol. The molecule has 1 N–H and O–H groups in total. The highest BCUT2D eigenvalue weighted by Gasteiger charge is 2.38. The molecule has 5 nitrogen and oxygen atoms in total. The fourth-order valence-corrected chi connectivity index (χ4v) is 3.96. The summed E-state index contributed by atoms with van der Waals surface area (Å²) < 4.78 is 28.5. The van der Waals surface area contributed by atoms with Gasteiger partial charge in [-0.25, -0.2) is 8.42 Å². The van der Waals surface area contributed by atoms with E-state index in [1.54, 1.807) is 26.0 Å². The monoisotopic (exact) mass is 284 g/mol. The van der Waals surface area contributed by atoms with Crippen LogP contribution in [0.3, 0.4) is 0 Å². The normalized spacial score (nSPS) is 25.2. The largest absolute Gasteiger partial charge is 0.486 e. The number of carbonyl (C=O) groups is 1. The molecule has 2 rings (SSSR count). The number of sulfone groups is 1. The van der Waals surface area contributed by atoms with Crippen molar-refractivity contribution in [3.05, 3.63) is 28.8 Å². The Labute approximate surface area is 112 Å². The van der Waals surface area contributed by atoms with Crippen molar-refractivity contribution in [1.82, 2.24) is 0 Å². The van der Waals surface area contributed by atoms with Crippen LogP contribution in [0.4, 0.5) is 0 Å². The van der Waals surface area contributed by atoms with Crippen LogP contribution in [0.25, 0.3) is 0 Å². The van der Waals surface area contributed by atoms with E-state index in [4.69, 9.17) is 4.74 Å². The molecule has 1 saturated heterocycles. The van der Waals surface area contributed by atoms with Crippen molar-refractivity contribution in [2.45, 2.75) is 26.1 Å². The molecule has 2 atom stereocenters. The molecule has 0 amide bonds. The fraction of sp³-hybridized carbons (Fsp3) is 0.462.